The molecule has 0 aromatic heterocycles. The highest BCUT2D eigenvalue weighted by Gasteiger charge is 2.15. The van der Waals surface area contributed by atoms with Gasteiger partial charge in [0.2, 0.25) is 0 Å². The number of hydrogen-bond donors (Lipinski definition) is 1. The zero-order chi connectivity index (χ0) is 19.6. The lowest BCUT2D eigenvalue weighted by Gasteiger charge is -2.16. The number of benzene rings is 3. The standard InChI is InChI=1S/C24H23F2N/c1-15-5-4-6-18(9-15)11-20-13-22(25)14-21(24(20)17(3)27)12-19-8-7-16(2)10-23(19)26/h4-10,13-14H,3,11-12,27H2,1-2H3. The van der Waals surface area contributed by atoms with E-state index in [-0.39, 0.29) is 18.1 Å². The van der Waals surface area contributed by atoms with Gasteiger partial charge < -0.3 is 5.73 Å². The zero-order valence-corrected chi connectivity index (χ0v) is 15.7. The molecule has 0 atom stereocenters. The summed E-state index contributed by atoms with van der Waals surface area (Å²) in [5, 5.41) is 0. The van der Waals surface area contributed by atoms with Gasteiger partial charge in [-0.2, -0.15) is 0 Å². The second-order valence-corrected chi connectivity index (χ2v) is 7.06. The van der Waals surface area contributed by atoms with Crippen LogP contribution >= 0.6 is 0 Å². The highest BCUT2D eigenvalue weighted by atomic mass is 19.1. The van der Waals surface area contributed by atoms with Crippen molar-refractivity contribution in [3.63, 3.8) is 0 Å². The summed E-state index contributed by atoms with van der Waals surface area (Å²) < 4.78 is 28.7. The molecule has 0 radical (unpaired) electrons. The van der Waals surface area contributed by atoms with Gasteiger partial charge in [0.15, 0.2) is 0 Å². The summed E-state index contributed by atoms with van der Waals surface area (Å²) >= 11 is 0. The number of halogens is 2. The predicted octanol–water partition coefficient (Wildman–Crippen LogP) is 5.69. The normalized spacial score (nSPS) is 10.8. The predicted molar refractivity (Wildman–Crippen MR) is 108 cm³/mol. The summed E-state index contributed by atoms with van der Waals surface area (Å²) in [7, 11) is 0. The van der Waals surface area contributed by atoms with E-state index in [1.165, 1.54) is 18.2 Å². The molecular formula is C24H23F2N. The molecule has 0 bridgehead atoms. The molecule has 3 rings (SSSR count). The molecular weight excluding hydrogens is 340 g/mol. The second kappa shape index (κ2) is 7.75. The van der Waals surface area contributed by atoms with Crippen LogP contribution in [0.5, 0.6) is 0 Å². The molecule has 138 valence electrons. The molecule has 3 heteroatoms. The fourth-order valence-electron chi connectivity index (χ4n) is 3.46. The Hall–Kier alpha value is -2.94. The zero-order valence-electron chi connectivity index (χ0n) is 15.7. The maximum atomic E-state index is 14.4. The summed E-state index contributed by atoms with van der Waals surface area (Å²) in [6, 6.07) is 16.0. The van der Waals surface area contributed by atoms with Crippen LogP contribution in [0.4, 0.5) is 8.78 Å². The molecule has 0 aliphatic heterocycles. The molecule has 2 N–H and O–H groups in total. The number of rotatable bonds is 5. The Morgan fingerprint density at radius 3 is 2.15 bits per heavy atom. The summed E-state index contributed by atoms with van der Waals surface area (Å²) in [5.74, 6) is -0.654. The third-order valence-electron chi connectivity index (χ3n) is 4.65. The van der Waals surface area contributed by atoms with Gasteiger partial charge in [-0.15, -0.1) is 0 Å². The topological polar surface area (TPSA) is 26.0 Å². The van der Waals surface area contributed by atoms with Gasteiger partial charge in [0.05, 0.1) is 0 Å². The minimum Gasteiger partial charge on any atom is -0.399 e. The van der Waals surface area contributed by atoms with Gasteiger partial charge in [-0.05, 0) is 66.3 Å². The lowest BCUT2D eigenvalue weighted by atomic mass is 9.90. The molecule has 0 aliphatic carbocycles. The van der Waals surface area contributed by atoms with Crippen LogP contribution in [0.3, 0.4) is 0 Å². The third-order valence-corrected chi connectivity index (χ3v) is 4.65. The molecule has 0 fully saturated rings. The third kappa shape index (κ3) is 4.43. The number of aryl methyl sites for hydroxylation is 2. The maximum absolute atomic E-state index is 14.4. The molecule has 0 amide bonds. The number of hydrogen-bond acceptors (Lipinski definition) is 1. The van der Waals surface area contributed by atoms with E-state index in [1.807, 2.05) is 38.1 Å². The monoisotopic (exact) mass is 363 g/mol. The van der Waals surface area contributed by atoms with E-state index in [9.17, 15) is 8.78 Å². The number of nitrogens with two attached hydrogens (primary N) is 1. The first kappa shape index (κ1) is 18.8. The van der Waals surface area contributed by atoms with Crippen LogP contribution in [0, 0.1) is 25.5 Å². The first-order valence-corrected chi connectivity index (χ1v) is 8.90. The highest BCUT2D eigenvalue weighted by molar-refractivity contribution is 5.68. The Bertz CT molecular complexity index is 1010. The molecule has 0 unspecified atom stereocenters. The van der Waals surface area contributed by atoms with Gasteiger partial charge in [0, 0.05) is 17.7 Å². The van der Waals surface area contributed by atoms with E-state index < -0.39 is 0 Å². The van der Waals surface area contributed by atoms with E-state index in [4.69, 9.17) is 5.73 Å². The van der Waals surface area contributed by atoms with Crippen LogP contribution in [0.2, 0.25) is 0 Å². The summed E-state index contributed by atoms with van der Waals surface area (Å²) in [6.07, 6.45) is 0.796. The lowest BCUT2D eigenvalue weighted by Crippen LogP contribution is -2.08. The first-order chi connectivity index (χ1) is 12.8. The van der Waals surface area contributed by atoms with E-state index in [2.05, 4.69) is 12.6 Å². The average molecular weight is 363 g/mol. The Morgan fingerprint density at radius 2 is 1.52 bits per heavy atom. The van der Waals surface area contributed by atoms with Gasteiger partial charge >= 0.3 is 0 Å². The van der Waals surface area contributed by atoms with Gasteiger partial charge in [-0.25, -0.2) is 8.78 Å². The van der Waals surface area contributed by atoms with Crippen LogP contribution in [0.1, 0.15) is 38.9 Å². The average Bonchev–Trinajstić information content (AvgIpc) is 2.56. The summed E-state index contributed by atoms with van der Waals surface area (Å²) in [6.45, 7) is 7.73. The van der Waals surface area contributed by atoms with E-state index in [1.54, 1.807) is 6.07 Å². The van der Waals surface area contributed by atoms with Crippen LogP contribution in [0.15, 0.2) is 61.2 Å². The quantitative estimate of drug-likeness (QED) is 0.619. The fourth-order valence-corrected chi connectivity index (χ4v) is 3.46. The first-order valence-electron chi connectivity index (χ1n) is 8.90. The Balaban J connectivity index is 2.06. The van der Waals surface area contributed by atoms with Crippen molar-refractivity contribution in [3.05, 3.63) is 112 Å². The molecule has 3 aromatic carbocycles. The molecule has 0 spiro atoms. The van der Waals surface area contributed by atoms with Crippen molar-refractivity contribution in [2.75, 3.05) is 0 Å². The minimum absolute atomic E-state index is 0.260. The molecule has 27 heavy (non-hydrogen) atoms. The summed E-state index contributed by atoms with van der Waals surface area (Å²) in [4.78, 5) is 0. The van der Waals surface area contributed by atoms with Crippen molar-refractivity contribution in [1.82, 2.24) is 0 Å². The van der Waals surface area contributed by atoms with Gasteiger partial charge in [-0.3, -0.25) is 0 Å². The van der Waals surface area contributed by atoms with Crippen molar-refractivity contribution in [1.29, 1.82) is 0 Å². The lowest BCUT2D eigenvalue weighted by molar-refractivity contribution is 0.609. The van der Waals surface area contributed by atoms with Crippen molar-refractivity contribution in [3.8, 4) is 0 Å². The van der Waals surface area contributed by atoms with Gasteiger partial charge in [0.1, 0.15) is 11.6 Å². The van der Waals surface area contributed by atoms with E-state index >= 15 is 0 Å². The van der Waals surface area contributed by atoms with E-state index in [0.29, 0.717) is 28.8 Å². The van der Waals surface area contributed by atoms with E-state index in [0.717, 1.165) is 22.3 Å². The summed E-state index contributed by atoms with van der Waals surface area (Å²) in [5.41, 5.74) is 12.1. The Kier molecular flexibility index (Phi) is 5.41. The maximum Gasteiger partial charge on any atom is 0.126 e. The largest absolute Gasteiger partial charge is 0.399 e. The van der Waals surface area contributed by atoms with Crippen LogP contribution < -0.4 is 5.73 Å². The molecule has 0 aliphatic rings. The van der Waals surface area contributed by atoms with Crippen molar-refractivity contribution in [2.45, 2.75) is 26.7 Å². The smallest absolute Gasteiger partial charge is 0.126 e. The van der Waals surface area contributed by atoms with Crippen molar-refractivity contribution < 1.29 is 8.78 Å². The Morgan fingerprint density at radius 1 is 0.852 bits per heavy atom. The molecule has 0 saturated heterocycles. The van der Waals surface area contributed by atoms with Gasteiger partial charge in [-0.1, -0.05) is 48.5 Å². The Labute approximate surface area is 159 Å². The molecule has 0 heterocycles. The van der Waals surface area contributed by atoms with Crippen LogP contribution in [0.25, 0.3) is 5.70 Å². The van der Waals surface area contributed by atoms with Crippen molar-refractivity contribution >= 4 is 5.70 Å². The van der Waals surface area contributed by atoms with Crippen LogP contribution in [-0.2, 0) is 12.8 Å². The SMILES string of the molecule is C=C(N)c1c(Cc2cccc(C)c2)cc(F)cc1Cc1ccc(C)cc1F. The fraction of sp³-hybridized carbons (Fsp3) is 0.167. The minimum atomic E-state index is -0.356. The molecule has 3 aromatic rings. The van der Waals surface area contributed by atoms with Crippen molar-refractivity contribution in [2.24, 2.45) is 5.73 Å². The van der Waals surface area contributed by atoms with Gasteiger partial charge in [0.25, 0.3) is 0 Å². The van der Waals surface area contributed by atoms with Crippen LogP contribution in [-0.4, -0.2) is 0 Å². The second-order valence-electron chi connectivity index (χ2n) is 7.06. The highest BCUT2D eigenvalue weighted by Crippen LogP contribution is 2.27. The molecule has 1 nitrogen and oxygen atoms in total. The molecule has 0 saturated carbocycles.